The molecule has 1 saturated heterocycles. The highest BCUT2D eigenvalue weighted by atomic mass is 79.9. The Morgan fingerprint density at radius 2 is 2.13 bits per heavy atom. The van der Waals surface area contributed by atoms with Gasteiger partial charge in [-0.25, -0.2) is 0 Å². The average Bonchev–Trinajstić information content (AvgIpc) is 2.19. The predicted molar refractivity (Wildman–Crippen MR) is 58.7 cm³/mol. The van der Waals surface area contributed by atoms with Crippen LogP contribution in [0.3, 0.4) is 0 Å². The van der Waals surface area contributed by atoms with E-state index >= 15 is 0 Å². The molecule has 0 amide bonds. The predicted octanol–water partition coefficient (Wildman–Crippen LogP) is 1.89. The Labute approximate surface area is 96.5 Å². The Hall–Kier alpha value is -0.870. The summed E-state index contributed by atoms with van der Waals surface area (Å²) in [7, 11) is 1.40. The zero-order valence-electron chi connectivity index (χ0n) is 8.33. The minimum absolute atomic E-state index is 0.236. The number of hydrogen-bond donors (Lipinski definition) is 0. The van der Waals surface area contributed by atoms with Crippen molar-refractivity contribution >= 4 is 21.9 Å². The van der Waals surface area contributed by atoms with Gasteiger partial charge in [-0.15, -0.1) is 0 Å². The summed E-state index contributed by atoms with van der Waals surface area (Å²) < 4.78 is 10.9. The highest BCUT2D eigenvalue weighted by Gasteiger charge is 2.49. The summed E-state index contributed by atoms with van der Waals surface area (Å²) in [6, 6.07) is 7.66. The molecule has 1 heterocycles. The van der Waals surface area contributed by atoms with Crippen molar-refractivity contribution in [2.45, 2.75) is 5.41 Å². The van der Waals surface area contributed by atoms with E-state index in [1.54, 1.807) is 0 Å². The first-order valence-corrected chi connectivity index (χ1v) is 5.41. The van der Waals surface area contributed by atoms with Crippen LogP contribution in [0, 0.1) is 0 Å². The fraction of sp³-hybridized carbons (Fsp3) is 0.364. The van der Waals surface area contributed by atoms with E-state index in [1.165, 1.54) is 7.11 Å². The van der Waals surface area contributed by atoms with E-state index in [9.17, 15) is 4.79 Å². The van der Waals surface area contributed by atoms with Crippen LogP contribution in [0.5, 0.6) is 0 Å². The summed E-state index contributed by atoms with van der Waals surface area (Å²) in [4.78, 5) is 11.7. The van der Waals surface area contributed by atoms with Gasteiger partial charge in [0.1, 0.15) is 5.41 Å². The third kappa shape index (κ3) is 1.58. The van der Waals surface area contributed by atoms with Crippen LogP contribution in [-0.2, 0) is 19.7 Å². The fourth-order valence-electron chi connectivity index (χ4n) is 1.73. The Bertz CT molecular complexity index is 385. The fourth-order valence-corrected chi connectivity index (χ4v) is 2.40. The number of methoxy groups -OCH3 is 1. The lowest BCUT2D eigenvalue weighted by molar-refractivity contribution is -0.166. The molecule has 15 heavy (non-hydrogen) atoms. The van der Waals surface area contributed by atoms with Crippen molar-refractivity contribution in [1.82, 2.24) is 0 Å². The highest BCUT2D eigenvalue weighted by Crippen LogP contribution is 2.37. The number of benzene rings is 1. The topological polar surface area (TPSA) is 35.5 Å². The van der Waals surface area contributed by atoms with Gasteiger partial charge >= 0.3 is 5.97 Å². The normalized spacial score (nSPS) is 18.0. The van der Waals surface area contributed by atoms with Gasteiger partial charge in [-0.3, -0.25) is 4.79 Å². The molecule has 1 fully saturated rings. The van der Waals surface area contributed by atoms with Gasteiger partial charge in [-0.2, -0.15) is 0 Å². The van der Waals surface area contributed by atoms with Crippen LogP contribution < -0.4 is 0 Å². The molecule has 0 unspecified atom stereocenters. The monoisotopic (exact) mass is 270 g/mol. The van der Waals surface area contributed by atoms with Crippen LogP contribution in [0.15, 0.2) is 28.7 Å². The number of halogens is 1. The van der Waals surface area contributed by atoms with Crippen molar-refractivity contribution in [3.8, 4) is 0 Å². The molecule has 0 bridgehead atoms. The maximum atomic E-state index is 11.7. The molecular formula is C11H11BrO3. The first kappa shape index (κ1) is 10.6. The van der Waals surface area contributed by atoms with E-state index in [4.69, 9.17) is 9.47 Å². The number of carbonyl (C=O) groups is 1. The van der Waals surface area contributed by atoms with Crippen LogP contribution in [0.2, 0.25) is 0 Å². The number of esters is 1. The number of carbonyl (C=O) groups excluding carboxylic acids is 1. The largest absolute Gasteiger partial charge is 0.468 e. The van der Waals surface area contributed by atoms with Crippen LogP contribution in [-0.4, -0.2) is 26.3 Å². The van der Waals surface area contributed by atoms with Crippen molar-refractivity contribution in [3.63, 3.8) is 0 Å². The lowest BCUT2D eigenvalue weighted by Crippen LogP contribution is -2.53. The molecule has 80 valence electrons. The summed E-state index contributed by atoms with van der Waals surface area (Å²) in [5, 5.41) is 0. The molecule has 1 aliphatic rings. The molecule has 0 atom stereocenters. The van der Waals surface area contributed by atoms with Gasteiger partial charge in [0.05, 0.1) is 20.3 Å². The Kier molecular flexibility index (Phi) is 2.80. The number of hydrogen-bond acceptors (Lipinski definition) is 3. The average molecular weight is 271 g/mol. The second-order valence-electron chi connectivity index (χ2n) is 3.55. The highest BCUT2D eigenvalue weighted by molar-refractivity contribution is 9.10. The number of rotatable bonds is 2. The quantitative estimate of drug-likeness (QED) is 0.770. The molecule has 1 aromatic carbocycles. The van der Waals surface area contributed by atoms with Gasteiger partial charge in [0.25, 0.3) is 0 Å². The summed E-state index contributed by atoms with van der Waals surface area (Å²) in [5.74, 6) is -0.236. The van der Waals surface area contributed by atoms with Gasteiger partial charge in [-0.05, 0) is 11.6 Å². The summed E-state index contributed by atoms with van der Waals surface area (Å²) in [5.41, 5.74) is 0.317. The SMILES string of the molecule is COC(=O)C1(c2ccccc2Br)COC1. The Morgan fingerprint density at radius 1 is 1.47 bits per heavy atom. The molecule has 0 spiro atoms. The maximum Gasteiger partial charge on any atom is 0.321 e. The van der Waals surface area contributed by atoms with E-state index < -0.39 is 5.41 Å². The van der Waals surface area contributed by atoms with Gasteiger partial charge in [0.15, 0.2) is 0 Å². The van der Waals surface area contributed by atoms with Gasteiger partial charge in [0, 0.05) is 4.47 Å². The molecule has 1 aromatic rings. The summed E-state index contributed by atoms with van der Waals surface area (Å²) in [6.45, 7) is 0.782. The minimum atomic E-state index is -0.616. The molecular weight excluding hydrogens is 260 g/mol. The third-order valence-electron chi connectivity index (χ3n) is 2.66. The second kappa shape index (κ2) is 3.94. The summed E-state index contributed by atoms with van der Waals surface area (Å²) in [6.07, 6.45) is 0. The lowest BCUT2D eigenvalue weighted by Gasteiger charge is -2.39. The molecule has 2 rings (SSSR count). The van der Waals surface area contributed by atoms with Gasteiger partial charge in [-0.1, -0.05) is 34.1 Å². The van der Waals surface area contributed by atoms with Crippen LogP contribution >= 0.6 is 15.9 Å². The van der Waals surface area contributed by atoms with Crippen LogP contribution in [0.25, 0.3) is 0 Å². The summed E-state index contributed by atoms with van der Waals surface area (Å²) >= 11 is 3.44. The van der Waals surface area contributed by atoms with E-state index in [2.05, 4.69) is 15.9 Å². The Morgan fingerprint density at radius 3 is 2.60 bits per heavy atom. The minimum Gasteiger partial charge on any atom is -0.468 e. The molecule has 0 aromatic heterocycles. The van der Waals surface area contributed by atoms with Crippen molar-refractivity contribution in [2.24, 2.45) is 0 Å². The first-order valence-electron chi connectivity index (χ1n) is 4.62. The van der Waals surface area contributed by atoms with Crippen LogP contribution in [0.4, 0.5) is 0 Å². The molecule has 1 aliphatic heterocycles. The molecule has 0 saturated carbocycles. The second-order valence-corrected chi connectivity index (χ2v) is 4.40. The Balaban J connectivity index is 2.43. The molecule has 0 aliphatic carbocycles. The molecule has 3 nitrogen and oxygen atoms in total. The van der Waals surface area contributed by atoms with E-state index in [0.717, 1.165) is 10.0 Å². The van der Waals surface area contributed by atoms with Crippen LogP contribution in [0.1, 0.15) is 5.56 Å². The zero-order chi connectivity index (χ0) is 10.9. The van der Waals surface area contributed by atoms with E-state index in [-0.39, 0.29) is 5.97 Å². The van der Waals surface area contributed by atoms with Gasteiger partial charge < -0.3 is 9.47 Å². The van der Waals surface area contributed by atoms with Crippen molar-refractivity contribution in [3.05, 3.63) is 34.3 Å². The zero-order valence-corrected chi connectivity index (χ0v) is 9.91. The standard InChI is InChI=1S/C11H11BrO3/c1-14-10(13)11(6-15-7-11)8-4-2-3-5-9(8)12/h2-5H,6-7H2,1H3. The molecule has 0 N–H and O–H groups in total. The van der Waals surface area contributed by atoms with Gasteiger partial charge in [0.2, 0.25) is 0 Å². The van der Waals surface area contributed by atoms with E-state index in [1.807, 2.05) is 24.3 Å². The smallest absolute Gasteiger partial charge is 0.321 e. The van der Waals surface area contributed by atoms with E-state index in [0.29, 0.717) is 13.2 Å². The van der Waals surface area contributed by atoms with Crippen molar-refractivity contribution in [1.29, 1.82) is 0 Å². The molecule has 0 radical (unpaired) electrons. The maximum absolute atomic E-state index is 11.7. The van der Waals surface area contributed by atoms with Crippen molar-refractivity contribution < 1.29 is 14.3 Å². The molecule has 4 heteroatoms. The third-order valence-corrected chi connectivity index (χ3v) is 3.35. The first-order chi connectivity index (χ1) is 7.20. The number of ether oxygens (including phenoxy) is 2. The lowest BCUT2D eigenvalue weighted by atomic mass is 9.79. The van der Waals surface area contributed by atoms with Crippen molar-refractivity contribution in [2.75, 3.05) is 20.3 Å².